The lowest BCUT2D eigenvalue weighted by molar-refractivity contribution is 0.160. The van der Waals surface area contributed by atoms with E-state index < -0.39 is 6.10 Å². The van der Waals surface area contributed by atoms with Crippen molar-refractivity contribution in [3.8, 4) is 0 Å². The minimum Gasteiger partial charge on any atom is -0.396 e. The summed E-state index contributed by atoms with van der Waals surface area (Å²) in [6, 6.07) is 3.29. The molecule has 3 nitrogen and oxygen atoms in total. The first-order valence-electron chi connectivity index (χ1n) is 5.94. The van der Waals surface area contributed by atoms with Crippen LogP contribution < -0.4 is 11.1 Å². The van der Waals surface area contributed by atoms with Crippen molar-refractivity contribution >= 4 is 41.3 Å². The fourth-order valence-corrected chi connectivity index (χ4v) is 1.92. The van der Waals surface area contributed by atoms with Crippen LogP contribution in [0.15, 0.2) is 12.1 Å². The number of rotatable bonds is 5. The van der Waals surface area contributed by atoms with E-state index in [0.717, 1.165) is 6.42 Å². The zero-order chi connectivity index (χ0) is 13.9. The largest absolute Gasteiger partial charge is 0.396 e. The topological polar surface area (TPSA) is 58.3 Å². The quantitative estimate of drug-likeness (QED) is 0.721. The van der Waals surface area contributed by atoms with Gasteiger partial charge in [0.1, 0.15) is 0 Å². The van der Waals surface area contributed by atoms with Crippen LogP contribution in [-0.2, 0) is 0 Å². The molecule has 110 valence electrons. The lowest BCUT2D eigenvalue weighted by atomic mass is 10.0. The summed E-state index contributed by atoms with van der Waals surface area (Å²) in [5, 5.41) is 14.1. The molecule has 0 aromatic heterocycles. The summed E-state index contributed by atoms with van der Waals surface area (Å²) in [4.78, 5) is 0. The maximum atomic E-state index is 10.1. The van der Waals surface area contributed by atoms with Crippen LogP contribution in [0, 0.1) is 0 Å². The molecule has 0 spiro atoms. The number of anilines is 1. The minimum absolute atomic E-state index is 0. The van der Waals surface area contributed by atoms with Crippen molar-refractivity contribution in [2.24, 2.45) is 0 Å². The zero-order valence-electron chi connectivity index (χ0n) is 11.3. The number of halogens is 3. The minimum atomic E-state index is -0.661. The van der Waals surface area contributed by atoms with E-state index in [1.807, 2.05) is 0 Å². The Bertz CT molecular complexity index is 401. The van der Waals surface area contributed by atoms with Crippen LogP contribution in [-0.4, -0.2) is 17.2 Å². The van der Waals surface area contributed by atoms with Gasteiger partial charge in [0.15, 0.2) is 0 Å². The number of β-amino-alcohol motifs (C(OH)–C–C–N with tert-alkyl or cyclic N) is 1. The Morgan fingerprint density at radius 3 is 2.21 bits per heavy atom. The van der Waals surface area contributed by atoms with E-state index in [2.05, 4.69) is 26.1 Å². The Kier molecular flexibility index (Phi) is 7.48. The van der Waals surface area contributed by atoms with Gasteiger partial charge in [-0.3, -0.25) is 0 Å². The molecule has 0 amide bonds. The molecule has 0 heterocycles. The number of hydrogen-bond donors (Lipinski definition) is 3. The normalized spacial score (nSPS) is 12.9. The smallest absolute Gasteiger partial charge is 0.0915 e. The SMILES string of the molecule is CCC(C)(C)NCC(O)c1cc(Cl)c(N)c(Cl)c1.Cl. The number of aliphatic hydroxyl groups is 1. The van der Waals surface area contributed by atoms with E-state index in [-0.39, 0.29) is 17.9 Å². The van der Waals surface area contributed by atoms with E-state index in [9.17, 15) is 5.11 Å². The maximum Gasteiger partial charge on any atom is 0.0915 e. The highest BCUT2D eigenvalue weighted by Crippen LogP contribution is 2.31. The summed E-state index contributed by atoms with van der Waals surface area (Å²) >= 11 is 11.9. The summed E-state index contributed by atoms with van der Waals surface area (Å²) < 4.78 is 0. The van der Waals surface area contributed by atoms with Crippen molar-refractivity contribution in [3.63, 3.8) is 0 Å². The van der Waals surface area contributed by atoms with Gasteiger partial charge in [-0.25, -0.2) is 0 Å². The molecule has 0 fully saturated rings. The molecule has 0 radical (unpaired) electrons. The van der Waals surface area contributed by atoms with E-state index in [0.29, 0.717) is 27.8 Å². The first kappa shape index (κ1) is 18.8. The van der Waals surface area contributed by atoms with Crippen LogP contribution >= 0.6 is 35.6 Å². The zero-order valence-corrected chi connectivity index (χ0v) is 13.7. The van der Waals surface area contributed by atoms with Gasteiger partial charge in [-0.2, -0.15) is 0 Å². The molecule has 19 heavy (non-hydrogen) atoms. The van der Waals surface area contributed by atoms with E-state index in [1.165, 1.54) is 0 Å². The first-order valence-corrected chi connectivity index (χ1v) is 6.70. The molecule has 0 saturated carbocycles. The van der Waals surface area contributed by atoms with Crippen molar-refractivity contribution in [1.29, 1.82) is 0 Å². The molecule has 4 N–H and O–H groups in total. The van der Waals surface area contributed by atoms with Gasteiger partial charge in [0.25, 0.3) is 0 Å². The van der Waals surface area contributed by atoms with Gasteiger partial charge in [0.2, 0.25) is 0 Å². The van der Waals surface area contributed by atoms with E-state index in [1.54, 1.807) is 12.1 Å². The predicted octanol–water partition coefficient (Wildman–Crippen LogP) is 3.81. The van der Waals surface area contributed by atoms with Gasteiger partial charge in [0.05, 0.1) is 21.8 Å². The number of nitrogens with one attached hydrogen (secondary N) is 1. The average Bonchev–Trinajstić information content (AvgIpc) is 2.32. The van der Waals surface area contributed by atoms with Gasteiger partial charge in [-0.1, -0.05) is 30.1 Å². The number of benzene rings is 1. The molecule has 0 aliphatic carbocycles. The molecule has 0 saturated heterocycles. The van der Waals surface area contributed by atoms with Crippen molar-refractivity contribution in [3.05, 3.63) is 27.7 Å². The van der Waals surface area contributed by atoms with Crippen molar-refractivity contribution in [1.82, 2.24) is 5.32 Å². The predicted molar refractivity (Wildman–Crippen MR) is 85.5 cm³/mol. The number of aliphatic hydroxyl groups excluding tert-OH is 1. The monoisotopic (exact) mass is 326 g/mol. The molecular formula is C13H21Cl3N2O. The van der Waals surface area contributed by atoms with E-state index in [4.69, 9.17) is 28.9 Å². The molecular weight excluding hydrogens is 307 g/mol. The first-order chi connectivity index (χ1) is 8.26. The molecule has 1 aromatic rings. The Morgan fingerprint density at radius 1 is 1.32 bits per heavy atom. The van der Waals surface area contributed by atoms with Crippen LogP contribution in [0.25, 0.3) is 0 Å². The standard InChI is InChI=1S/C13H20Cl2N2O.ClH/c1-4-13(2,3)17-7-11(18)8-5-9(14)12(16)10(15)6-8;/h5-6,11,17-18H,4,7,16H2,1-3H3;1H. The molecule has 1 unspecified atom stereocenters. The highest BCUT2D eigenvalue weighted by molar-refractivity contribution is 6.38. The highest BCUT2D eigenvalue weighted by Gasteiger charge is 2.18. The summed E-state index contributed by atoms with van der Waals surface area (Å²) in [5.41, 5.74) is 6.65. The second kappa shape index (κ2) is 7.55. The third-order valence-corrected chi connectivity index (χ3v) is 3.77. The fraction of sp³-hybridized carbons (Fsp3) is 0.538. The van der Waals surface area contributed by atoms with Crippen molar-refractivity contribution in [2.45, 2.75) is 38.8 Å². The second-order valence-corrected chi connectivity index (χ2v) is 5.85. The molecule has 0 aliphatic rings. The fourth-order valence-electron chi connectivity index (χ4n) is 1.41. The van der Waals surface area contributed by atoms with Gasteiger partial charge < -0.3 is 16.2 Å². The van der Waals surface area contributed by atoms with Crippen LogP contribution in [0.4, 0.5) is 5.69 Å². The van der Waals surface area contributed by atoms with Crippen LogP contribution in [0.1, 0.15) is 38.9 Å². The van der Waals surface area contributed by atoms with Crippen LogP contribution in [0.2, 0.25) is 10.0 Å². The van der Waals surface area contributed by atoms with Gasteiger partial charge in [-0.05, 0) is 38.0 Å². The number of nitrogens with two attached hydrogens (primary N) is 1. The third-order valence-electron chi connectivity index (χ3n) is 3.14. The van der Waals surface area contributed by atoms with E-state index >= 15 is 0 Å². The Hall–Kier alpha value is -0.190. The molecule has 0 aliphatic heterocycles. The Balaban J connectivity index is 0.00000324. The highest BCUT2D eigenvalue weighted by atomic mass is 35.5. The second-order valence-electron chi connectivity index (χ2n) is 5.03. The Labute approximate surface area is 130 Å². The molecule has 6 heteroatoms. The molecule has 1 atom stereocenters. The Morgan fingerprint density at radius 2 is 1.79 bits per heavy atom. The molecule has 1 aromatic carbocycles. The summed E-state index contributed by atoms with van der Waals surface area (Å²) in [7, 11) is 0. The molecule has 1 rings (SSSR count). The van der Waals surface area contributed by atoms with Gasteiger partial charge >= 0.3 is 0 Å². The summed E-state index contributed by atoms with van der Waals surface area (Å²) in [6.45, 7) is 6.71. The van der Waals surface area contributed by atoms with Gasteiger partial charge in [0, 0.05) is 12.1 Å². The van der Waals surface area contributed by atoms with Crippen molar-refractivity contribution < 1.29 is 5.11 Å². The lowest BCUT2D eigenvalue weighted by Gasteiger charge is -2.26. The van der Waals surface area contributed by atoms with Crippen LogP contribution in [0.3, 0.4) is 0 Å². The van der Waals surface area contributed by atoms with Crippen LogP contribution in [0.5, 0.6) is 0 Å². The third kappa shape index (κ3) is 5.36. The van der Waals surface area contributed by atoms with Gasteiger partial charge in [-0.15, -0.1) is 12.4 Å². The summed E-state index contributed by atoms with van der Waals surface area (Å²) in [5.74, 6) is 0. The number of nitrogen functional groups attached to an aromatic ring is 1. The maximum absolute atomic E-state index is 10.1. The van der Waals surface area contributed by atoms with Crippen molar-refractivity contribution in [2.75, 3.05) is 12.3 Å². The number of hydrogen-bond acceptors (Lipinski definition) is 3. The molecule has 0 bridgehead atoms. The average molecular weight is 328 g/mol. The lowest BCUT2D eigenvalue weighted by Crippen LogP contribution is -2.40. The summed E-state index contributed by atoms with van der Waals surface area (Å²) in [6.07, 6.45) is 0.314.